The summed E-state index contributed by atoms with van der Waals surface area (Å²) in [5.74, 6) is 0.659. The third kappa shape index (κ3) is 4.21. The number of rotatable bonds is 4. The molecule has 1 amide bonds. The van der Waals surface area contributed by atoms with E-state index in [1.807, 2.05) is 6.92 Å². The number of carbonyl (C=O) groups excluding carboxylic acids is 2. The zero-order chi connectivity index (χ0) is 16.3. The molecular weight excluding hydrogens is 270 g/mol. The molecular formula is C16H23NO4. The summed E-state index contributed by atoms with van der Waals surface area (Å²) in [6.07, 6.45) is 0.0536. The average molecular weight is 293 g/mol. The number of alkyl carbamates (subject to hydrolysis) is 1. The van der Waals surface area contributed by atoms with Gasteiger partial charge in [0.25, 0.3) is 0 Å². The molecule has 0 saturated heterocycles. The summed E-state index contributed by atoms with van der Waals surface area (Å²) in [7, 11) is 1.56. The van der Waals surface area contributed by atoms with Crippen LogP contribution in [-0.4, -0.2) is 25.1 Å². The maximum Gasteiger partial charge on any atom is 0.408 e. The van der Waals surface area contributed by atoms with E-state index >= 15 is 0 Å². The standard InChI is InChI=1S/C16H23NO4/c1-11-12(8-7-9-13(11)20-6)16(5,10-18)17-14(19)21-15(2,3)4/h7-10H,1-6H3,(H,17,19). The Balaban J connectivity index is 3.11. The molecule has 5 nitrogen and oxygen atoms in total. The molecule has 1 atom stereocenters. The quantitative estimate of drug-likeness (QED) is 0.867. The molecule has 0 aliphatic heterocycles. The van der Waals surface area contributed by atoms with Crippen molar-refractivity contribution in [2.45, 2.75) is 45.8 Å². The zero-order valence-electron chi connectivity index (χ0n) is 13.4. The maximum atomic E-state index is 11.9. The number of amides is 1. The van der Waals surface area contributed by atoms with Crippen molar-refractivity contribution in [1.82, 2.24) is 5.32 Å². The molecule has 1 rings (SSSR count). The van der Waals surface area contributed by atoms with Gasteiger partial charge >= 0.3 is 6.09 Å². The fraction of sp³-hybridized carbons (Fsp3) is 0.500. The topological polar surface area (TPSA) is 64.6 Å². The Morgan fingerprint density at radius 1 is 1.24 bits per heavy atom. The van der Waals surface area contributed by atoms with Crippen molar-refractivity contribution in [3.8, 4) is 5.75 Å². The van der Waals surface area contributed by atoms with Crippen LogP contribution in [0.15, 0.2) is 18.2 Å². The molecule has 0 saturated carbocycles. The van der Waals surface area contributed by atoms with Crippen molar-refractivity contribution in [2.75, 3.05) is 7.11 Å². The molecule has 0 radical (unpaired) electrons. The van der Waals surface area contributed by atoms with Gasteiger partial charge in [0.15, 0.2) is 0 Å². The predicted molar refractivity (Wildman–Crippen MR) is 80.5 cm³/mol. The van der Waals surface area contributed by atoms with Crippen molar-refractivity contribution in [3.63, 3.8) is 0 Å². The summed E-state index contributed by atoms with van der Waals surface area (Å²) in [6, 6.07) is 5.36. The first kappa shape index (κ1) is 17.0. The first-order valence-corrected chi connectivity index (χ1v) is 6.74. The van der Waals surface area contributed by atoms with E-state index in [2.05, 4.69) is 5.32 Å². The fourth-order valence-electron chi connectivity index (χ4n) is 2.07. The fourth-order valence-corrected chi connectivity index (χ4v) is 2.07. The Morgan fingerprint density at radius 2 is 1.86 bits per heavy atom. The summed E-state index contributed by atoms with van der Waals surface area (Å²) in [6.45, 7) is 8.77. The summed E-state index contributed by atoms with van der Waals surface area (Å²) in [4.78, 5) is 23.5. The van der Waals surface area contributed by atoms with Crippen LogP contribution in [0.4, 0.5) is 4.79 Å². The highest BCUT2D eigenvalue weighted by Crippen LogP contribution is 2.29. The van der Waals surface area contributed by atoms with Crippen LogP contribution in [0.25, 0.3) is 0 Å². The molecule has 1 aromatic carbocycles. The number of nitrogens with one attached hydrogen (secondary N) is 1. The third-order valence-corrected chi connectivity index (χ3v) is 3.06. The van der Waals surface area contributed by atoms with Crippen LogP contribution < -0.4 is 10.1 Å². The second-order valence-electron chi connectivity index (χ2n) is 6.08. The van der Waals surface area contributed by atoms with Gasteiger partial charge in [-0.2, -0.15) is 0 Å². The van der Waals surface area contributed by atoms with Crippen molar-refractivity contribution in [1.29, 1.82) is 0 Å². The molecule has 0 aliphatic carbocycles. The Hall–Kier alpha value is -2.04. The Kier molecular flexibility index (Phi) is 4.99. The van der Waals surface area contributed by atoms with E-state index < -0.39 is 17.2 Å². The van der Waals surface area contributed by atoms with Crippen LogP contribution in [0, 0.1) is 6.92 Å². The number of ether oxygens (including phenoxy) is 2. The van der Waals surface area contributed by atoms with Crippen molar-refractivity contribution >= 4 is 12.4 Å². The van der Waals surface area contributed by atoms with Gasteiger partial charge in [0, 0.05) is 0 Å². The lowest BCUT2D eigenvalue weighted by Crippen LogP contribution is -2.47. The molecule has 1 N–H and O–H groups in total. The van der Waals surface area contributed by atoms with Gasteiger partial charge in [0.05, 0.1) is 7.11 Å². The van der Waals surface area contributed by atoms with E-state index in [1.54, 1.807) is 53.0 Å². The van der Waals surface area contributed by atoms with E-state index in [-0.39, 0.29) is 0 Å². The van der Waals surface area contributed by atoms with Gasteiger partial charge in [-0.1, -0.05) is 12.1 Å². The van der Waals surface area contributed by atoms with Crippen LogP contribution in [-0.2, 0) is 15.1 Å². The van der Waals surface area contributed by atoms with Gasteiger partial charge < -0.3 is 19.6 Å². The normalized spacial score (nSPS) is 14.0. The van der Waals surface area contributed by atoms with Gasteiger partial charge in [-0.05, 0) is 51.8 Å². The van der Waals surface area contributed by atoms with Crippen LogP contribution >= 0.6 is 0 Å². The smallest absolute Gasteiger partial charge is 0.408 e. The molecule has 0 spiro atoms. The van der Waals surface area contributed by atoms with Gasteiger partial charge in [0.2, 0.25) is 0 Å². The van der Waals surface area contributed by atoms with E-state index in [9.17, 15) is 9.59 Å². The van der Waals surface area contributed by atoms with Crippen LogP contribution in [0.5, 0.6) is 5.75 Å². The second-order valence-corrected chi connectivity index (χ2v) is 6.08. The molecule has 0 aliphatic rings. The number of benzene rings is 1. The molecule has 0 bridgehead atoms. The average Bonchev–Trinajstić information content (AvgIpc) is 2.36. The number of hydrogen-bond donors (Lipinski definition) is 1. The summed E-state index contributed by atoms with van der Waals surface area (Å²) >= 11 is 0. The molecule has 1 aromatic rings. The number of carbonyl (C=O) groups is 2. The number of methoxy groups -OCH3 is 1. The first-order chi connectivity index (χ1) is 9.63. The van der Waals surface area contributed by atoms with E-state index in [0.29, 0.717) is 17.6 Å². The molecule has 116 valence electrons. The summed E-state index contributed by atoms with van der Waals surface area (Å²) < 4.78 is 10.5. The lowest BCUT2D eigenvalue weighted by atomic mass is 9.89. The molecule has 1 unspecified atom stereocenters. The highest BCUT2D eigenvalue weighted by Gasteiger charge is 2.32. The Labute approximate surface area is 125 Å². The monoisotopic (exact) mass is 293 g/mol. The third-order valence-electron chi connectivity index (χ3n) is 3.06. The van der Waals surface area contributed by atoms with Crippen molar-refractivity contribution < 1.29 is 19.1 Å². The SMILES string of the molecule is COc1cccc(C(C)(C=O)NC(=O)OC(C)(C)C)c1C. The molecule has 5 heteroatoms. The molecule has 0 heterocycles. The minimum absolute atomic E-state index is 0.628. The maximum absolute atomic E-state index is 11.9. The van der Waals surface area contributed by atoms with E-state index in [1.165, 1.54) is 0 Å². The Morgan fingerprint density at radius 3 is 2.33 bits per heavy atom. The van der Waals surface area contributed by atoms with Gasteiger partial charge in [-0.15, -0.1) is 0 Å². The summed E-state index contributed by atoms with van der Waals surface area (Å²) in [5, 5.41) is 2.62. The highest BCUT2D eigenvalue weighted by molar-refractivity contribution is 5.78. The zero-order valence-corrected chi connectivity index (χ0v) is 13.4. The lowest BCUT2D eigenvalue weighted by Gasteiger charge is -2.29. The van der Waals surface area contributed by atoms with Crippen LogP contribution in [0.2, 0.25) is 0 Å². The first-order valence-electron chi connectivity index (χ1n) is 6.74. The second kappa shape index (κ2) is 6.16. The van der Waals surface area contributed by atoms with Gasteiger partial charge in [0.1, 0.15) is 23.2 Å². The van der Waals surface area contributed by atoms with Crippen LogP contribution in [0.3, 0.4) is 0 Å². The van der Waals surface area contributed by atoms with Crippen molar-refractivity contribution in [2.24, 2.45) is 0 Å². The summed E-state index contributed by atoms with van der Waals surface area (Å²) in [5.41, 5.74) is -0.341. The molecule has 0 fully saturated rings. The highest BCUT2D eigenvalue weighted by atomic mass is 16.6. The minimum Gasteiger partial charge on any atom is -0.496 e. The minimum atomic E-state index is -1.18. The largest absolute Gasteiger partial charge is 0.496 e. The lowest BCUT2D eigenvalue weighted by molar-refractivity contribution is -0.113. The van der Waals surface area contributed by atoms with Gasteiger partial charge in [-0.3, -0.25) is 0 Å². The van der Waals surface area contributed by atoms with Crippen molar-refractivity contribution in [3.05, 3.63) is 29.3 Å². The number of aldehydes is 1. The van der Waals surface area contributed by atoms with E-state index in [0.717, 1.165) is 5.56 Å². The van der Waals surface area contributed by atoms with Crippen LogP contribution in [0.1, 0.15) is 38.8 Å². The number of hydrogen-bond acceptors (Lipinski definition) is 4. The molecule has 21 heavy (non-hydrogen) atoms. The van der Waals surface area contributed by atoms with Gasteiger partial charge in [-0.25, -0.2) is 4.79 Å². The molecule has 0 aromatic heterocycles. The predicted octanol–water partition coefficient (Wildman–Crippen LogP) is 2.94. The van der Waals surface area contributed by atoms with E-state index in [4.69, 9.17) is 9.47 Å². The Bertz CT molecular complexity index is 534.